The molecule has 6 heteroatoms. The number of nitro groups is 1. The van der Waals surface area contributed by atoms with Gasteiger partial charge in [0.15, 0.2) is 5.78 Å². The monoisotopic (exact) mass is 281 g/mol. The molecular weight excluding hydrogens is 266 g/mol. The number of thioether (sulfide) groups is 1. The van der Waals surface area contributed by atoms with Crippen LogP contribution in [0.1, 0.15) is 30.1 Å². The van der Waals surface area contributed by atoms with Crippen molar-refractivity contribution in [3.05, 3.63) is 33.9 Å². The number of hydrogen-bond acceptors (Lipinski definition) is 5. The van der Waals surface area contributed by atoms with Crippen LogP contribution in [-0.2, 0) is 4.74 Å². The van der Waals surface area contributed by atoms with Crippen molar-refractivity contribution in [1.82, 2.24) is 0 Å². The second kappa shape index (κ2) is 6.16. The Kier molecular flexibility index (Phi) is 4.55. The standard InChI is InChI=1S/C13H15NO4S/c1-9(15)12-3-2-11(8-13(12)14(16)17)19-10-4-6-18-7-5-10/h2-3,8,10H,4-7H2,1H3. The first-order valence-corrected chi connectivity index (χ1v) is 6.99. The average molecular weight is 281 g/mol. The number of nitro benzene ring substituents is 1. The van der Waals surface area contributed by atoms with Crippen molar-refractivity contribution < 1.29 is 14.5 Å². The van der Waals surface area contributed by atoms with Crippen molar-refractivity contribution in [1.29, 1.82) is 0 Å². The predicted molar refractivity (Wildman–Crippen MR) is 72.8 cm³/mol. The van der Waals surface area contributed by atoms with Gasteiger partial charge in [-0.25, -0.2) is 0 Å². The number of carbonyl (C=O) groups is 1. The van der Waals surface area contributed by atoms with Crippen molar-refractivity contribution in [2.45, 2.75) is 29.9 Å². The molecule has 0 aromatic heterocycles. The Morgan fingerprint density at radius 1 is 1.42 bits per heavy atom. The summed E-state index contributed by atoms with van der Waals surface area (Å²) in [6.45, 7) is 2.82. The Labute approximate surface area is 115 Å². The van der Waals surface area contributed by atoms with E-state index >= 15 is 0 Å². The van der Waals surface area contributed by atoms with Crippen molar-refractivity contribution >= 4 is 23.2 Å². The van der Waals surface area contributed by atoms with Crippen LogP contribution in [0.4, 0.5) is 5.69 Å². The zero-order valence-corrected chi connectivity index (χ0v) is 11.4. The lowest BCUT2D eigenvalue weighted by Gasteiger charge is -2.21. The van der Waals surface area contributed by atoms with E-state index in [4.69, 9.17) is 4.74 Å². The molecule has 0 saturated carbocycles. The molecule has 1 aromatic rings. The molecule has 1 heterocycles. The lowest BCUT2D eigenvalue weighted by atomic mass is 10.1. The molecule has 1 aliphatic rings. The van der Waals surface area contributed by atoms with E-state index in [2.05, 4.69) is 0 Å². The first-order chi connectivity index (χ1) is 9.08. The number of rotatable bonds is 4. The van der Waals surface area contributed by atoms with Gasteiger partial charge in [0.2, 0.25) is 0 Å². The van der Waals surface area contributed by atoms with Crippen LogP contribution < -0.4 is 0 Å². The lowest BCUT2D eigenvalue weighted by molar-refractivity contribution is -0.385. The molecule has 1 saturated heterocycles. The third kappa shape index (κ3) is 3.54. The largest absolute Gasteiger partial charge is 0.381 e. The summed E-state index contributed by atoms with van der Waals surface area (Å²) in [6, 6.07) is 4.82. The van der Waals surface area contributed by atoms with E-state index in [-0.39, 0.29) is 17.0 Å². The zero-order chi connectivity index (χ0) is 13.8. The first-order valence-electron chi connectivity index (χ1n) is 6.11. The van der Waals surface area contributed by atoms with E-state index in [1.54, 1.807) is 23.9 Å². The molecule has 0 bridgehead atoms. The Hall–Kier alpha value is -1.40. The van der Waals surface area contributed by atoms with Gasteiger partial charge < -0.3 is 4.74 Å². The summed E-state index contributed by atoms with van der Waals surface area (Å²) in [4.78, 5) is 22.7. The van der Waals surface area contributed by atoms with Gasteiger partial charge in [-0.1, -0.05) is 0 Å². The topological polar surface area (TPSA) is 69.4 Å². The quantitative estimate of drug-likeness (QED) is 0.482. The normalized spacial score (nSPS) is 16.3. The van der Waals surface area contributed by atoms with E-state index in [1.807, 2.05) is 0 Å². The number of Topliss-reactive ketones (excluding diaryl/α,β-unsaturated/α-hetero) is 1. The summed E-state index contributed by atoms with van der Waals surface area (Å²) in [7, 11) is 0. The highest BCUT2D eigenvalue weighted by molar-refractivity contribution is 8.00. The molecule has 1 aliphatic heterocycles. The maximum Gasteiger partial charge on any atom is 0.281 e. The number of hydrogen-bond donors (Lipinski definition) is 0. The minimum Gasteiger partial charge on any atom is -0.381 e. The average Bonchev–Trinajstić information content (AvgIpc) is 2.39. The summed E-state index contributed by atoms with van der Waals surface area (Å²) >= 11 is 1.62. The molecule has 0 amide bonds. The molecule has 2 rings (SSSR count). The first kappa shape index (κ1) is 14.0. The van der Waals surface area contributed by atoms with Crippen molar-refractivity contribution in [3.8, 4) is 0 Å². The van der Waals surface area contributed by atoms with Crippen LogP contribution in [0, 0.1) is 10.1 Å². The second-order valence-electron chi connectivity index (χ2n) is 4.42. The van der Waals surface area contributed by atoms with Gasteiger partial charge in [0.25, 0.3) is 5.69 Å². The summed E-state index contributed by atoms with van der Waals surface area (Å²) < 4.78 is 5.28. The third-order valence-electron chi connectivity index (χ3n) is 3.02. The molecule has 0 radical (unpaired) electrons. The van der Waals surface area contributed by atoms with E-state index in [1.165, 1.54) is 13.0 Å². The van der Waals surface area contributed by atoms with E-state index in [9.17, 15) is 14.9 Å². The molecule has 1 aromatic carbocycles. The van der Waals surface area contributed by atoms with Crippen molar-refractivity contribution in [2.75, 3.05) is 13.2 Å². The molecule has 0 atom stereocenters. The second-order valence-corrected chi connectivity index (χ2v) is 5.80. The SMILES string of the molecule is CC(=O)c1ccc(SC2CCOCC2)cc1[N+](=O)[O-]. The maximum atomic E-state index is 11.3. The summed E-state index contributed by atoms with van der Waals surface area (Å²) in [6.07, 6.45) is 1.90. The zero-order valence-electron chi connectivity index (χ0n) is 10.6. The van der Waals surface area contributed by atoms with Gasteiger partial charge in [0, 0.05) is 29.4 Å². The summed E-state index contributed by atoms with van der Waals surface area (Å²) in [5.74, 6) is -0.283. The lowest BCUT2D eigenvalue weighted by Crippen LogP contribution is -2.17. The highest BCUT2D eigenvalue weighted by atomic mass is 32.2. The minimum atomic E-state index is -0.495. The van der Waals surface area contributed by atoms with Crippen LogP contribution in [0.3, 0.4) is 0 Å². The Morgan fingerprint density at radius 3 is 2.68 bits per heavy atom. The molecule has 19 heavy (non-hydrogen) atoms. The molecule has 1 fully saturated rings. The highest BCUT2D eigenvalue weighted by Gasteiger charge is 2.20. The van der Waals surface area contributed by atoms with Crippen LogP contribution in [-0.4, -0.2) is 29.2 Å². The smallest absolute Gasteiger partial charge is 0.281 e. The van der Waals surface area contributed by atoms with Gasteiger partial charge in [-0.05, 0) is 31.9 Å². The fourth-order valence-corrected chi connectivity index (χ4v) is 3.16. The van der Waals surface area contributed by atoms with Crippen LogP contribution in [0.5, 0.6) is 0 Å². The fourth-order valence-electron chi connectivity index (χ4n) is 2.02. The number of nitrogens with zero attached hydrogens (tertiary/aromatic N) is 1. The van der Waals surface area contributed by atoms with Gasteiger partial charge >= 0.3 is 0 Å². The summed E-state index contributed by atoms with van der Waals surface area (Å²) in [5.41, 5.74) is 0.0610. The number of ether oxygens (including phenoxy) is 1. The summed E-state index contributed by atoms with van der Waals surface area (Å²) in [5, 5.41) is 11.4. The number of ketones is 1. The Bertz CT molecular complexity index is 497. The van der Waals surface area contributed by atoms with Crippen LogP contribution >= 0.6 is 11.8 Å². The van der Waals surface area contributed by atoms with Crippen LogP contribution in [0.15, 0.2) is 23.1 Å². The van der Waals surface area contributed by atoms with Crippen molar-refractivity contribution in [3.63, 3.8) is 0 Å². The van der Waals surface area contributed by atoms with Gasteiger partial charge in [0.05, 0.1) is 10.5 Å². The number of benzene rings is 1. The number of carbonyl (C=O) groups excluding carboxylic acids is 1. The fraction of sp³-hybridized carbons (Fsp3) is 0.462. The van der Waals surface area contributed by atoms with Crippen LogP contribution in [0.25, 0.3) is 0 Å². The maximum absolute atomic E-state index is 11.3. The Balaban J connectivity index is 2.20. The molecule has 0 unspecified atom stereocenters. The van der Waals surface area contributed by atoms with E-state index in [0.29, 0.717) is 5.25 Å². The molecular formula is C13H15NO4S. The van der Waals surface area contributed by atoms with Gasteiger partial charge in [-0.3, -0.25) is 14.9 Å². The molecule has 0 spiro atoms. The molecule has 5 nitrogen and oxygen atoms in total. The van der Waals surface area contributed by atoms with Crippen LogP contribution in [0.2, 0.25) is 0 Å². The molecule has 0 aliphatic carbocycles. The van der Waals surface area contributed by atoms with Gasteiger partial charge in [-0.15, -0.1) is 11.8 Å². The van der Waals surface area contributed by atoms with Gasteiger partial charge in [-0.2, -0.15) is 0 Å². The third-order valence-corrected chi connectivity index (χ3v) is 4.35. The highest BCUT2D eigenvalue weighted by Crippen LogP contribution is 2.33. The predicted octanol–water partition coefficient (Wildman–Crippen LogP) is 3.07. The Morgan fingerprint density at radius 2 is 2.11 bits per heavy atom. The van der Waals surface area contributed by atoms with Gasteiger partial charge in [0.1, 0.15) is 0 Å². The van der Waals surface area contributed by atoms with E-state index in [0.717, 1.165) is 31.0 Å². The minimum absolute atomic E-state index is 0.107. The molecule has 102 valence electrons. The molecule has 0 N–H and O–H groups in total. The van der Waals surface area contributed by atoms with E-state index < -0.39 is 4.92 Å². The van der Waals surface area contributed by atoms with Crippen molar-refractivity contribution in [2.24, 2.45) is 0 Å².